The van der Waals surface area contributed by atoms with Crippen molar-refractivity contribution in [2.24, 2.45) is 0 Å². The second-order valence-electron chi connectivity index (χ2n) is 5.22. The number of urea groups is 1. The lowest BCUT2D eigenvalue weighted by atomic mass is 10.1. The van der Waals surface area contributed by atoms with E-state index in [4.69, 9.17) is 0 Å². The number of amides is 4. The zero-order valence-electron chi connectivity index (χ0n) is 14.0. The predicted octanol–water partition coefficient (Wildman–Crippen LogP) is 1.65. The van der Waals surface area contributed by atoms with Crippen molar-refractivity contribution in [3.8, 4) is 0 Å². The molecule has 2 rings (SSSR count). The highest BCUT2D eigenvalue weighted by Gasteiger charge is 2.22. The Bertz CT molecular complexity index is 762. The number of benzene rings is 2. The molecule has 4 N–H and O–H groups in total. The minimum atomic E-state index is -0.793. The van der Waals surface area contributed by atoms with Gasteiger partial charge in [0, 0.05) is 25.3 Å². The van der Waals surface area contributed by atoms with E-state index in [2.05, 4.69) is 21.3 Å². The van der Waals surface area contributed by atoms with E-state index in [1.54, 1.807) is 55.6 Å². The quantitative estimate of drug-likeness (QED) is 0.665. The summed E-state index contributed by atoms with van der Waals surface area (Å²) in [5, 5.41) is 10.2. The van der Waals surface area contributed by atoms with Crippen molar-refractivity contribution in [3.05, 3.63) is 65.7 Å². The van der Waals surface area contributed by atoms with Crippen LogP contribution in [0.3, 0.4) is 0 Å². The van der Waals surface area contributed by atoms with Crippen LogP contribution in [-0.2, 0) is 4.79 Å². The van der Waals surface area contributed by atoms with Crippen molar-refractivity contribution in [2.75, 3.05) is 19.4 Å². The van der Waals surface area contributed by atoms with Crippen LogP contribution in [0.2, 0.25) is 0 Å². The van der Waals surface area contributed by atoms with Crippen molar-refractivity contribution < 1.29 is 14.4 Å². The number of nitrogens with one attached hydrogen (secondary N) is 4. The van der Waals surface area contributed by atoms with Gasteiger partial charge in [0.15, 0.2) is 0 Å². The molecule has 0 saturated heterocycles. The number of carbonyl (C=O) groups excluding carboxylic acids is 3. The number of imide groups is 1. The van der Waals surface area contributed by atoms with Crippen LogP contribution in [0.15, 0.2) is 54.6 Å². The van der Waals surface area contributed by atoms with E-state index in [9.17, 15) is 14.4 Å². The van der Waals surface area contributed by atoms with Gasteiger partial charge in [0.1, 0.15) is 6.04 Å². The van der Waals surface area contributed by atoms with Crippen LogP contribution >= 0.6 is 0 Å². The smallest absolute Gasteiger partial charge is 0.321 e. The molecule has 2 aromatic rings. The molecule has 0 aliphatic rings. The Morgan fingerprint density at radius 2 is 1.60 bits per heavy atom. The fourth-order valence-electron chi connectivity index (χ4n) is 2.25. The molecule has 25 heavy (non-hydrogen) atoms. The summed E-state index contributed by atoms with van der Waals surface area (Å²) in [7, 11) is 2.98. The Morgan fingerprint density at radius 3 is 2.24 bits per heavy atom. The van der Waals surface area contributed by atoms with Crippen LogP contribution in [0, 0.1) is 0 Å². The Hall–Kier alpha value is -3.35. The van der Waals surface area contributed by atoms with Gasteiger partial charge in [0.2, 0.25) is 0 Å². The lowest BCUT2D eigenvalue weighted by Crippen LogP contribution is -2.42. The van der Waals surface area contributed by atoms with Gasteiger partial charge < -0.3 is 16.0 Å². The number of carbonyl (C=O) groups is 3. The molecule has 0 saturated carbocycles. The van der Waals surface area contributed by atoms with Gasteiger partial charge in [-0.15, -0.1) is 0 Å². The molecule has 0 spiro atoms. The van der Waals surface area contributed by atoms with Crippen molar-refractivity contribution >= 4 is 23.5 Å². The molecular formula is C18H20N4O3. The van der Waals surface area contributed by atoms with Crippen molar-refractivity contribution in [1.82, 2.24) is 16.0 Å². The van der Waals surface area contributed by atoms with Gasteiger partial charge in [0.25, 0.3) is 11.8 Å². The Kier molecular flexibility index (Phi) is 6.11. The van der Waals surface area contributed by atoms with Gasteiger partial charge in [-0.3, -0.25) is 14.9 Å². The Labute approximate surface area is 145 Å². The molecule has 2 aromatic carbocycles. The van der Waals surface area contributed by atoms with E-state index in [-0.39, 0.29) is 5.91 Å². The highest BCUT2D eigenvalue weighted by atomic mass is 16.2. The lowest BCUT2D eigenvalue weighted by Gasteiger charge is -2.20. The summed E-state index contributed by atoms with van der Waals surface area (Å²) in [6.07, 6.45) is 0. The zero-order chi connectivity index (χ0) is 18.2. The summed E-state index contributed by atoms with van der Waals surface area (Å²) in [6, 6.07) is 14.4. The van der Waals surface area contributed by atoms with Crippen LogP contribution < -0.4 is 21.3 Å². The Morgan fingerprint density at radius 1 is 0.880 bits per heavy atom. The molecule has 0 heterocycles. The zero-order valence-corrected chi connectivity index (χ0v) is 14.0. The minimum absolute atomic E-state index is 0.227. The summed E-state index contributed by atoms with van der Waals surface area (Å²) in [6.45, 7) is 0. The average molecular weight is 340 g/mol. The molecule has 7 nitrogen and oxygen atoms in total. The minimum Gasteiger partial charge on any atom is -0.370 e. The van der Waals surface area contributed by atoms with Crippen LogP contribution in [0.25, 0.3) is 0 Å². The molecule has 0 aliphatic heterocycles. The maximum Gasteiger partial charge on any atom is 0.321 e. The first-order chi connectivity index (χ1) is 12.0. The van der Waals surface area contributed by atoms with E-state index < -0.39 is 18.0 Å². The molecule has 1 atom stereocenters. The monoisotopic (exact) mass is 340 g/mol. The SMILES string of the molecule is CNC(=O)NC(=O)[C@@H](Nc1cccc(C(=O)NC)c1)c1ccccc1. The number of anilines is 1. The van der Waals surface area contributed by atoms with E-state index in [1.807, 2.05) is 6.07 Å². The fraction of sp³-hybridized carbons (Fsp3) is 0.167. The van der Waals surface area contributed by atoms with Crippen LogP contribution in [0.1, 0.15) is 22.0 Å². The molecule has 130 valence electrons. The van der Waals surface area contributed by atoms with E-state index in [0.29, 0.717) is 16.8 Å². The topological polar surface area (TPSA) is 99.3 Å². The highest BCUT2D eigenvalue weighted by molar-refractivity contribution is 5.99. The molecule has 0 radical (unpaired) electrons. The molecule has 0 unspecified atom stereocenters. The van der Waals surface area contributed by atoms with Gasteiger partial charge >= 0.3 is 6.03 Å². The molecule has 0 aliphatic carbocycles. The third kappa shape index (κ3) is 4.81. The summed E-state index contributed by atoms with van der Waals surface area (Å²) in [5.74, 6) is -0.731. The molecule has 7 heteroatoms. The third-order valence-electron chi connectivity index (χ3n) is 3.52. The Balaban J connectivity index is 2.29. The molecule has 0 aromatic heterocycles. The predicted molar refractivity (Wildman–Crippen MR) is 95.2 cm³/mol. The van der Waals surface area contributed by atoms with E-state index in [1.165, 1.54) is 7.05 Å². The summed E-state index contributed by atoms with van der Waals surface area (Å²) < 4.78 is 0. The average Bonchev–Trinajstić information content (AvgIpc) is 2.66. The van der Waals surface area contributed by atoms with Gasteiger partial charge in [0.05, 0.1) is 0 Å². The molecule has 4 amide bonds. The number of hydrogen-bond donors (Lipinski definition) is 4. The van der Waals surface area contributed by atoms with Crippen LogP contribution in [0.4, 0.5) is 10.5 Å². The first kappa shape index (κ1) is 18.0. The van der Waals surface area contributed by atoms with Crippen molar-refractivity contribution in [1.29, 1.82) is 0 Å². The first-order valence-electron chi connectivity index (χ1n) is 7.71. The first-order valence-corrected chi connectivity index (χ1v) is 7.71. The largest absolute Gasteiger partial charge is 0.370 e. The van der Waals surface area contributed by atoms with Gasteiger partial charge in [-0.2, -0.15) is 0 Å². The van der Waals surface area contributed by atoms with Crippen LogP contribution in [0.5, 0.6) is 0 Å². The molecule has 0 bridgehead atoms. The van der Waals surface area contributed by atoms with E-state index in [0.717, 1.165) is 0 Å². The van der Waals surface area contributed by atoms with Gasteiger partial charge in [-0.1, -0.05) is 36.4 Å². The number of hydrogen-bond acceptors (Lipinski definition) is 4. The van der Waals surface area contributed by atoms with Crippen molar-refractivity contribution in [3.63, 3.8) is 0 Å². The fourth-order valence-corrected chi connectivity index (χ4v) is 2.25. The summed E-state index contributed by atoms with van der Waals surface area (Å²) in [5.41, 5.74) is 1.74. The standard InChI is InChI=1S/C18H20N4O3/c1-19-16(23)13-9-6-10-14(11-13)21-15(12-7-4-3-5-8-12)17(24)22-18(25)20-2/h3-11,15,21H,1-2H3,(H,19,23)(H2,20,22,24,25)/t15-/m0/s1. The summed E-state index contributed by atoms with van der Waals surface area (Å²) >= 11 is 0. The maximum atomic E-state index is 12.5. The second-order valence-corrected chi connectivity index (χ2v) is 5.22. The lowest BCUT2D eigenvalue weighted by molar-refractivity contribution is -0.120. The molecular weight excluding hydrogens is 320 g/mol. The van der Waals surface area contributed by atoms with E-state index >= 15 is 0 Å². The van der Waals surface area contributed by atoms with Gasteiger partial charge in [-0.25, -0.2) is 4.79 Å². The molecule has 0 fully saturated rings. The highest BCUT2D eigenvalue weighted by Crippen LogP contribution is 2.21. The van der Waals surface area contributed by atoms with Crippen molar-refractivity contribution in [2.45, 2.75) is 6.04 Å². The normalized spacial score (nSPS) is 11.1. The number of rotatable bonds is 5. The second kappa shape index (κ2) is 8.49. The van der Waals surface area contributed by atoms with Gasteiger partial charge in [-0.05, 0) is 23.8 Å². The maximum absolute atomic E-state index is 12.5. The summed E-state index contributed by atoms with van der Waals surface area (Å²) in [4.78, 5) is 35.7. The van der Waals surface area contributed by atoms with Crippen LogP contribution in [-0.4, -0.2) is 31.9 Å². The third-order valence-corrected chi connectivity index (χ3v) is 3.52.